The van der Waals surface area contributed by atoms with Gasteiger partial charge in [-0.1, -0.05) is 11.6 Å². The summed E-state index contributed by atoms with van der Waals surface area (Å²) in [5.74, 6) is -1.34. The van der Waals surface area contributed by atoms with Crippen molar-refractivity contribution in [3.63, 3.8) is 0 Å². The minimum absolute atomic E-state index is 0.0151. The molecule has 1 atom stereocenters. The number of hydrogen-bond donors (Lipinski definition) is 3. The van der Waals surface area contributed by atoms with E-state index in [1.165, 1.54) is 26.1 Å². The van der Waals surface area contributed by atoms with Crippen LogP contribution >= 0.6 is 34.2 Å². The van der Waals surface area contributed by atoms with Crippen LogP contribution in [0.15, 0.2) is 23.0 Å². The molecule has 8 nitrogen and oxygen atoms in total. The number of amides is 1. The number of anilines is 2. The third-order valence-electron chi connectivity index (χ3n) is 3.11. The highest BCUT2D eigenvalue weighted by Crippen LogP contribution is 2.28. The van der Waals surface area contributed by atoms with E-state index < -0.39 is 23.4 Å². The first-order valence-corrected chi connectivity index (χ1v) is 8.75. The maximum atomic E-state index is 14.1. The van der Waals surface area contributed by atoms with E-state index in [1.807, 2.05) is 22.6 Å². The zero-order valence-electron chi connectivity index (χ0n) is 13.7. The molecule has 0 saturated carbocycles. The van der Waals surface area contributed by atoms with Crippen LogP contribution in [-0.2, 0) is 4.84 Å². The van der Waals surface area contributed by atoms with Gasteiger partial charge in [-0.2, -0.15) is 5.10 Å². The molecule has 1 amide bonds. The average molecular weight is 497 g/mol. The van der Waals surface area contributed by atoms with Gasteiger partial charge in [-0.3, -0.25) is 14.4 Å². The molecule has 0 aliphatic carbocycles. The fourth-order valence-electron chi connectivity index (χ4n) is 1.85. The van der Waals surface area contributed by atoms with E-state index in [2.05, 4.69) is 15.5 Å². The van der Waals surface area contributed by atoms with Crippen LogP contribution < -0.4 is 10.9 Å². The minimum atomic E-state index is -0.795. The number of hydroxylamine groups is 2. The Morgan fingerprint density at radius 2 is 2.27 bits per heavy atom. The molecule has 0 saturated heterocycles. The number of nitrogens with zero attached hydrogens (tertiary/aromatic N) is 2. The number of aromatic amines is 1. The Kier molecular flexibility index (Phi) is 6.92. The first-order chi connectivity index (χ1) is 12.2. The van der Waals surface area contributed by atoms with Crippen LogP contribution in [0.3, 0.4) is 0 Å². The van der Waals surface area contributed by atoms with Gasteiger partial charge in [0.25, 0.3) is 11.5 Å². The summed E-state index contributed by atoms with van der Waals surface area (Å²) in [5, 5.41) is 18.1. The van der Waals surface area contributed by atoms with E-state index in [0.717, 1.165) is 5.06 Å². The molecule has 0 aliphatic rings. The predicted octanol–water partition coefficient (Wildman–Crippen LogP) is 2.29. The van der Waals surface area contributed by atoms with Gasteiger partial charge in [0, 0.05) is 10.6 Å². The maximum Gasteiger partial charge on any atom is 0.299 e. The number of carbonyl (C=O) groups is 1. The summed E-state index contributed by atoms with van der Waals surface area (Å²) in [6.07, 6.45) is -0.795. The van der Waals surface area contributed by atoms with Crippen LogP contribution in [0.1, 0.15) is 17.4 Å². The van der Waals surface area contributed by atoms with Crippen molar-refractivity contribution < 1.29 is 19.1 Å². The summed E-state index contributed by atoms with van der Waals surface area (Å²) < 4.78 is 14.8. The molecule has 0 aliphatic heterocycles. The third kappa shape index (κ3) is 4.90. The van der Waals surface area contributed by atoms with Gasteiger partial charge < -0.3 is 10.4 Å². The molecule has 11 heteroatoms. The highest BCUT2D eigenvalue weighted by Gasteiger charge is 2.24. The molecule has 26 heavy (non-hydrogen) atoms. The molecule has 140 valence electrons. The summed E-state index contributed by atoms with van der Waals surface area (Å²) in [6, 6.07) is 4.35. The van der Waals surface area contributed by atoms with E-state index in [0.29, 0.717) is 3.57 Å². The number of H-pyrrole nitrogens is 1. The largest absolute Gasteiger partial charge is 0.391 e. The number of rotatable bonds is 6. The molecule has 0 bridgehead atoms. The molecule has 1 aromatic heterocycles. The van der Waals surface area contributed by atoms with E-state index in [9.17, 15) is 19.1 Å². The molecule has 3 N–H and O–H groups in total. The van der Waals surface area contributed by atoms with Gasteiger partial charge in [-0.15, -0.1) is 0 Å². The van der Waals surface area contributed by atoms with Gasteiger partial charge in [-0.25, -0.2) is 14.6 Å². The third-order valence-corrected chi connectivity index (χ3v) is 4.15. The molecular weight excluding hydrogens is 482 g/mol. The Bertz CT molecular complexity index is 877. The molecule has 0 fully saturated rings. The van der Waals surface area contributed by atoms with Crippen LogP contribution in [-0.4, -0.2) is 46.0 Å². The highest BCUT2D eigenvalue weighted by molar-refractivity contribution is 14.1. The lowest BCUT2D eigenvalue weighted by Gasteiger charge is -2.19. The van der Waals surface area contributed by atoms with Crippen molar-refractivity contribution in [3.8, 4) is 0 Å². The minimum Gasteiger partial charge on any atom is -0.391 e. The number of hydrogen-bond acceptors (Lipinski definition) is 6. The van der Waals surface area contributed by atoms with Gasteiger partial charge >= 0.3 is 0 Å². The van der Waals surface area contributed by atoms with Crippen molar-refractivity contribution in [1.82, 2.24) is 15.3 Å². The summed E-state index contributed by atoms with van der Waals surface area (Å²) in [5.41, 5.74) is -1.17. The number of aliphatic hydroxyl groups excluding tert-OH is 1. The second-order valence-electron chi connectivity index (χ2n) is 5.29. The predicted molar refractivity (Wildman–Crippen MR) is 102 cm³/mol. The molecular formula is C15H15ClFIN4O4. The number of carbonyl (C=O) groups excluding carboxylic acids is 1. The maximum absolute atomic E-state index is 14.1. The molecule has 2 aromatic rings. The highest BCUT2D eigenvalue weighted by atomic mass is 127. The van der Waals surface area contributed by atoms with Crippen molar-refractivity contribution in [2.24, 2.45) is 0 Å². The first-order valence-electron chi connectivity index (χ1n) is 7.30. The van der Waals surface area contributed by atoms with Gasteiger partial charge in [0.2, 0.25) is 0 Å². The lowest BCUT2D eigenvalue weighted by atomic mass is 10.2. The van der Waals surface area contributed by atoms with Crippen molar-refractivity contribution in [1.29, 1.82) is 0 Å². The lowest BCUT2D eigenvalue weighted by molar-refractivity contribution is -0.128. The van der Waals surface area contributed by atoms with Gasteiger partial charge in [0.1, 0.15) is 17.4 Å². The molecule has 1 heterocycles. The smallest absolute Gasteiger partial charge is 0.299 e. The van der Waals surface area contributed by atoms with Crippen molar-refractivity contribution in [2.45, 2.75) is 13.0 Å². The topological polar surface area (TPSA) is 108 Å². The van der Waals surface area contributed by atoms with E-state index in [-0.39, 0.29) is 28.7 Å². The standard InChI is InChI=1S/C15H15ClFIN4O4/c1-7(23)6-26-22(2)15(25)13-12(11(16)14(24)21-20-13)19-10-4-3-8(18)5-9(10)17/h3-5,7,23H,6H2,1-2H3,(H2,19,21,24)/t7-/m0/s1. The van der Waals surface area contributed by atoms with E-state index in [4.69, 9.17) is 16.4 Å². The van der Waals surface area contributed by atoms with Crippen molar-refractivity contribution in [3.05, 3.63) is 48.7 Å². The second kappa shape index (κ2) is 8.75. The molecule has 0 unspecified atom stereocenters. The van der Waals surface area contributed by atoms with Crippen molar-refractivity contribution in [2.75, 3.05) is 19.0 Å². The van der Waals surface area contributed by atoms with E-state index in [1.54, 1.807) is 6.07 Å². The normalized spacial score (nSPS) is 11.9. The molecule has 2 rings (SSSR count). The molecule has 0 spiro atoms. The van der Waals surface area contributed by atoms with Crippen LogP contribution in [0, 0.1) is 9.39 Å². The quantitative estimate of drug-likeness (QED) is 0.418. The summed E-state index contributed by atoms with van der Waals surface area (Å²) >= 11 is 7.93. The van der Waals surface area contributed by atoms with Crippen LogP contribution in [0.25, 0.3) is 0 Å². The van der Waals surface area contributed by atoms with Crippen LogP contribution in [0.2, 0.25) is 5.02 Å². The van der Waals surface area contributed by atoms with Crippen molar-refractivity contribution >= 4 is 51.5 Å². The summed E-state index contributed by atoms with van der Waals surface area (Å²) in [4.78, 5) is 29.4. The van der Waals surface area contributed by atoms with E-state index >= 15 is 0 Å². The zero-order valence-corrected chi connectivity index (χ0v) is 16.6. The Morgan fingerprint density at radius 1 is 1.58 bits per heavy atom. The Hall–Kier alpha value is -1.76. The van der Waals surface area contributed by atoms with Gasteiger partial charge in [-0.05, 0) is 47.7 Å². The monoisotopic (exact) mass is 496 g/mol. The van der Waals surface area contributed by atoms with Gasteiger partial charge in [0.15, 0.2) is 5.69 Å². The molecule has 1 aromatic carbocycles. The summed E-state index contributed by atoms with van der Waals surface area (Å²) in [6.45, 7) is 1.35. The number of aromatic nitrogens is 2. The lowest BCUT2D eigenvalue weighted by Crippen LogP contribution is -2.32. The molecule has 0 radical (unpaired) electrons. The van der Waals surface area contributed by atoms with Crippen LogP contribution in [0.4, 0.5) is 15.8 Å². The average Bonchev–Trinajstić information content (AvgIpc) is 2.58. The Balaban J connectivity index is 2.40. The number of nitrogens with one attached hydrogen (secondary N) is 2. The number of halogens is 3. The second-order valence-corrected chi connectivity index (χ2v) is 6.91. The zero-order chi connectivity index (χ0) is 19.4. The SMILES string of the molecule is C[C@H](O)CON(C)C(=O)c1n[nH]c(=O)c(Cl)c1Nc1ccc(I)cc1F. The number of aliphatic hydroxyl groups is 1. The Morgan fingerprint density at radius 3 is 2.88 bits per heavy atom. The first kappa shape index (κ1) is 20.6. The van der Waals surface area contributed by atoms with Gasteiger partial charge in [0.05, 0.1) is 17.5 Å². The van der Waals surface area contributed by atoms with Crippen LogP contribution in [0.5, 0.6) is 0 Å². The fraction of sp³-hybridized carbons (Fsp3) is 0.267. The fourth-order valence-corrected chi connectivity index (χ4v) is 2.48. The number of benzene rings is 1. The Labute approximate surface area is 166 Å². The summed E-state index contributed by atoms with van der Waals surface area (Å²) in [7, 11) is 1.31.